The van der Waals surface area contributed by atoms with Crippen molar-refractivity contribution in [3.63, 3.8) is 0 Å². The number of nitrogens with zero attached hydrogens (tertiary/aromatic N) is 2. The van der Waals surface area contributed by atoms with Crippen molar-refractivity contribution in [2.45, 2.75) is 19.1 Å². The van der Waals surface area contributed by atoms with Crippen LogP contribution in [0, 0.1) is 0 Å². The first kappa shape index (κ1) is 17.3. The van der Waals surface area contributed by atoms with Crippen molar-refractivity contribution >= 4 is 38.9 Å². The van der Waals surface area contributed by atoms with Gasteiger partial charge in [0, 0.05) is 15.2 Å². The largest absolute Gasteiger partial charge is 0.337 e. The normalized spacial score (nSPS) is 19.5. The number of anilines is 1. The number of rotatable bonds is 3. The lowest BCUT2D eigenvalue weighted by molar-refractivity contribution is 0.675. The van der Waals surface area contributed by atoms with Crippen molar-refractivity contribution in [2.75, 3.05) is 4.90 Å². The van der Waals surface area contributed by atoms with Gasteiger partial charge in [-0.15, -0.1) is 0 Å². The highest BCUT2D eigenvalue weighted by Crippen LogP contribution is 2.37. The van der Waals surface area contributed by atoms with Gasteiger partial charge in [-0.1, -0.05) is 70.0 Å². The lowest BCUT2D eigenvalue weighted by Gasteiger charge is -2.30. The zero-order valence-corrected chi connectivity index (χ0v) is 16.7. The van der Waals surface area contributed by atoms with Gasteiger partial charge in [0.25, 0.3) is 0 Å². The van der Waals surface area contributed by atoms with Gasteiger partial charge in [0.05, 0.1) is 11.8 Å². The fourth-order valence-electron chi connectivity index (χ4n) is 3.42. The molecule has 0 aromatic heterocycles. The number of halogens is 2. The molecule has 0 aliphatic carbocycles. The maximum absolute atomic E-state index is 6.10. The number of hydrogen-bond acceptors (Lipinski definition) is 2. The highest BCUT2D eigenvalue weighted by Gasteiger charge is 2.35. The van der Waals surface area contributed by atoms with E-state index in [9.17, 15) is 0 Å². The SMILES string of the molecule is CC1C(c2ccc(Br)cc2)=NC(c2ccccc2)N1c1ccc(Cl)cc1. The molecule has 0 amide bonds. The number of aliphatic imine (C=N–C) groups is 1. The Labute approximate surface area is 167 Å². The van der Waals surface area contributed by atoms with Gasteiger partial charge in [0.1, 0.15) is 6.17 Å². The molecule has 2 unspecified atom stereocenters. The number of hydrogen-bond donors (Lipinski definition) is 0. The van der Waals surface area contributed by atoms with E-state index in [2.05, 4.69) is 88.4 Å². The average molecular weight is 426 g/mol. The van der Waals surface area contributed by atoms with E-state index in [0.29, 0.717) is 0 Å². The minimum absolute atomic E-state index is 0.0500. The van der Waals surface area contributed by atoms with Crippen LogP contribution < -0.4 is 4.90 Å². The highest BCUT2D eigenvalue weighted by molar-refractivity contribution is 9.10. The second-order valence-electron chi connectivity index (χ2n) is 6.37. The second-order valence-corrected chi connectivity index (χ2v) is 7.72. The molecule has 26 heavy (non-hydrogen) atoms. The first-order valence-electron chi connectivity index (χ1n) is 8.56. The molecule has 1 aliphatic rings. The van der Waals surface area contributed by atoms with Gasteiger partial charge < -0.3 is 4.90 Å². The smallest absolute Gasteiger partial charge is 0.148 e. The molecule has 0 bridgehead atoms. The monoisotopic (exact) mass is 424 g/mol. The summed E-state index contributed by atoms with van der Waals surface area (Å²) >= 11 is 9.61. The standard InChI is InChI=1S/C22H18BrClN2/c1-15-21(16-7-9-18(23)10-8-16)25-22(17-5-3-2-4-6-17)26(15)20-13-11-19(24)12-14-20/h2-15,22H,1H3. The molecule has 1 heterocycles. The molecule has 0 saturated carbocycles. The van der Waals surface area contributed by atoms with Gasteiger partial charge in [0.15, 0.2) is 0 Å². The first-order valence-corrected chi connectivity index (χ1v) is 9.73. The molecule has 3 aromatic rings. The predicted molar refractivity (Wildman–Crippen MR) is 113 cm³/mol. The fraction of sp³-hybridized carbons (Fsp3) is 0.136. The molecule has 4 rings (SSSR count). The van der Waals surface area contributed by atoms with Crippen LogP contribution in [0.1, 0.15) is 24.2 Å². The van der Waals surface area contributed by atoms with Crippen LogP contribution in [0.15, 0.2) is 88.3 Å². The molecule has 0 spiro atoms. The third kappa shape index (κ3) is 3.29. The Morgan fingerprint density at radius 2 is 1.54 bits per heavy atom. The minimum atomic E-state index is -0.0500. The topological polar surface area (TPSA) is 15.6 Å². The molecular weight excluding hydrogens is 408 g/mol. The van der Waals surface area contributed by atoms with Gasteiger partial charge in [-0.05, 0) is 54.4 Å². The van der Waals surface area contributed by atoms with E-state index < -0.39 is 0 Å². The van der Waals surface area contributed by atoms with E-state index in [1.165, 1.54) is 5.56 Å². The van der Waals surface area contributed by atoms with Crippen molar-refractivity contribution in [1.29, 1.82) is 0 Å². The Morgan fingerprint density at radius 3 is 2.19 bits per heavy atom. The summed E-state index contributed by atoms with van der Waals surface area (Å²) in [7, 11) is 0. The van der Waals surface area contributed by atoms with E-state index in [1.807, 2.05) is 18.2 Å². The summed E-state index contributed by atoms with van der Waals surface area (Å²) in [5, 5.41) is 0.742. The van der Waals surface area contributed by atoms with Crippen LogP contribution in [-0.2, 0) is 0 Å². The van der Waals surface area contributed by atoms with E-state index in [-0.39, 0.29) is 12.2 Å². The zero-order valence-electron chi connectivity index (χ0n) is 14.3. The Morgan fingerprint density at radius 1 is 0.885 bits per heavy atom. The van der Waals surface area contributed by atoms with Crippen molar-refractivity contribution < 1.29 is 0 Å². The molecular formula is C22H18BrClN2. The summed E-state index contributed by atoms with van der Waals surface area (Å²) in [5.74, 6) is 0. The van der Waals surface area contributed by atoms with Crippen LogP contribution in [0.3, 0.4) is 0 Å². The maximum Gasteiger partial charge on any atom is 0.148 e. The Kier molecular flexibility index (Phi) is 4.84. The summed E-state index contributed by atoms with van der Waals surface area (Å²) in [6, 6.07) is 26.9. The molecule has 0 saturated heterocycles. The molecule has 130 valence electrons. The fourth-order valence-corrected chi connectivity index (χ4v) is 3.81. The van der Waals surface area contributed by atoms with Gasteiger partial charge in [0.2, 0.25) is 0 Å². The lowest BCUT2D eigenvalue weighted by Crippen LogP contribution is -2.35. The van der Waals surface area contributed by atoms with Crippen molar-refractivity contribution in [1.82, 2.24) is 0 Å². The molecule has 0 N–H and O–H groups in total. The summed E-state index contributed by atoms with van der Waals surface area (Å²) in [5.41, 5.74) is 4.55. The molecule has 2 atom stereocenters. The quantitative estimate of drug-likeness (QED) is 0.467. The van der Waals surface area contributed by atoms with Crippen molar-refractivity contribution in [2.24, 2.45) is 4.99 Å². The Balaban J connectivity index is 1.79. The summed E-state index contributed by atoms with van der Waals surface area (Å²) in [4.78, 5) is 7.46. The van der Waals surface area contributed by atoms with Crippen LogP contribution in [0.4, 0.5) is 5.69 Å². The van der Waals surface area contributed by atoms with E-state index >= 15 is 0 Å². The maximum atomic E-state index is 6.10. The van der Waals surface area contributed by atoms with Crippen molar-refractivity contribution in [3.05, 3.63) is 99.5 Å². The van der Waals surface area contributed by atoms with Crippen LogP contribution in [0.5, 0.6) is 0 Å². The van der Waals surface area contributed by atoms with Gasteiger partial charge >= 0.3 is 0 Å². The van der Waals surface area contributed by atoms with Gasteiger partial charge in [-0.2, -0.15) is 0 Å². The third-order valence-electron chi connectivity index (χ3n) is 4.70. The first-order chi connectivity index (χ1) is 12.6. The van der Waals surface area contributed by atoms with Crippen molar-refractivity contribution in [3.8, 4) is 0 Å². The van der Waals surface area contributed by atoms with E-state index in [4.69, 9.17) is 16.6 Å². The average Bonchev–Trinajstić information content (AvgIpc) is 3.01. The third-order valence-corrected chi connectivity index (χ3v) is 5.48. The zero-order chi connectivity index (χ0) is 18.1. The minimum Gasteiger partial charge on any atom is -0.337 e. The lowest BCUT2D eigenvalue weighted by atomic mass is 10.0. The summed E-state index contributed by atoms with van der Waals surface area (Å²) in [6.45, 7) is 2.21. The van der Waals surface area contributed by atoms with Crippen LogP contribution in [0.2, 0.25) is 5.02 Å². The van der Waals surface area contributed by atoms with Crippen LogP contribution in [0.25, 0.3) is 0 Å². The van der Waals surface area contributed by atoms with Crippen LogP contribution >= 0.6 is 27.5 Å². The van der Waals surface area contributed by atoms with E-state index in [1.54, 1.807) is 0 Å². The predicted octanol–water partition coefficient (Wildman–Crippen LogP) is 6.50. The Hall–Kier alpha value is -2.10. The summed E-state index contributed by atoms with van der Waals surface area (Å²) in [6.07, 6.45) is -0.0500. The van der Waals surface area contributed by atoms with Crippen LogP contribution in [-0.4, -0.2) is 11.8 Å². The molecule has 2 nitrogen and oxygen atoms in total. The molecule has 4 heteroatoms. The van der Waals surface area contributed by atoms with Gasteiger partial charge in [-0.25, -0.2) is 0 Å². The van der Waals surface area contributed by atoms with Gasteiger partial charge in [-0.3, -0.25) is 4.99 Å². The van der Waals surface area contributed by atoms with E-state index in [0.717, 1.165) is 26.5 Å². The summed E-state index contributed by atoms with van der Waals surface area (Å²) < 4.78 is 1.07. The number of benzene rings is 3. The second kappa shape index (κ2) is 7.26. The molecule has 1 aliphatic heterocycles. The Bertz CT molecular complexity index is 921. The molecule has 0 fully saturated rings. The molecule has 3 aromatic carbocycles. The highest BCUT2D eigenvalue weighted by atomic mass is 79.9. The molecule has 0 radical (unpaired) electrons.